The van der Waals surface area contributed by atoms with Gasteiger partial charge in [-0.15, -0.1) is 0 Å². The van der Waals surface area contributed by atoms with Crippen molar-refractivity contribution in [1.29, 1.82) is 0 Å². The largest absolute Gasteiger partial charge is 0.504 e. The second-order valence-corrected chi connectivity index (χ2v) is 4.53. The molecule has 0 heterocycles. The van der Waals surface area contributed by atoms with Gasteiger partial charge in [0.2, 0.25) is 5.75 Å². The van der Waals surface area contributed by atoms with Crippen molar-refractivity contribution in [3.05, 3.63) is 17.7 Å². The van der Waals surface area contributed by atoms with Crippen LogP contribution in [0.3, 0.4) is 0 Å². The monoisotopic (exact) mass is 225 g/mol. The highest BCUT2D eigenvalue weighted by molar-refractivity contribution is 5.53. The van der Waals surface area contributed by atoms with E-state index in [0.29, 0.717) is 12.1 Å². The molecule has 0 aliphatic carbocycles. The Morgan fingerprint density at radius 3 is 2.31 bits per heavy atom. The van der Waals surface area contributed by atoms with E-state index in [1.165, 1.54) is 6.07 Å². The Bertz CT molecular complexity index is 375. The summed E-state index contributed by atoms with van der Waals surface area (Å²) in [5, 5.41) is 31.4. The molecule has 0 saturated heterocycles. The van der Waals surface area contributed by atoms with Crippen molar-refractivity contribution in [3.8, 4) is 17.2 Å². The van der Waals surface area contributed by atoms with Crippen LogP contribution in [0, 0.1) is 0 Å². The smallest absolute Gasteiger partial charge is 0.200 e. The van der Waals surface area contributed by atoms with Gasteiger partial charge < -0.3 is 20.6 Å². The van der Waals surface area contributed by atoms with Crippen LogP contribution in [0.25, 0.3) is 0 Å². The molecule has 0 spiro atoms. The Labute approximate surface area is 95.6 Å². The van der Waals surface area contributed by atoms with E-state index >= 15 is 0 Å². The number of phenolic OH excluding ortho intramolecular Hbond substituents is 3. The highest BCUT2D eigenvalue weighted by Gasteiger charge is 2.16. The summed E-state index contributed by atoms with van der Waals surface area (Å²) in [5.41, 5.74) is 0.539. The second-order valence-electron chi connectivity index (χ2n) is 4.53. The Hall–Kier alpha value is -1.42. The van der Waals surface area contributed by atoms with Crippen LogP contribution < -0.4 is 5.32 Å². The molecule has 16 heavy (non-hydrogen) atoms. The molecule has 0 unspecified atom stereocenters. The van der Waals surface area contributed by atoms with Gasteiger partial charge in [-0.2, -0.15) is 0 Å². The molecule has 0 saturated carbocycles. The number of hydrogen-bond donors (Lipinski definition) is 4. The summed E-state index contributed by atoms with van der Waals surface area (Å²) in [5.74, 6) is -1.04. The van der Waals surface area contributed by atoms with Crippen molar-refractivity contribution in [2.24, 2.45) is 0 Å². The molecule has 0 fully saturated rings. The van der Waals surface area contributed by atoms with E-state index in [1.54, 1.807) is 6.07 Å². The standard InChI is InChI=1S/C12H19NO3/c1-4-12(2,3)13-7-8-5-6-9(14)11(16)10(8)15/h5-6,13-16H,4,7H2,1-3H3. The van der Waals surface area contributed by atoms with Gasteiger partial charge in [-0.1, -0.05) is 13.0 Å². The molecular weight excluding hydrogens is 206 g/mol. The van der Waals surface area contributed by atoms with E-state index in [9.17, 15) is 10.2 Å². The first-order valence-corrected chi connectivity index (χ1v) is 5.35. The van der Waals surface area contributed by atoms with Crippen molar-refractivity contribution in [1.82, 2.24) is 5.32 Å². The molecule has 1 aromatic rings. The van der Waals surface area contributed by atoms with Crippen molar-refractivity contribution >= 4 is 0 Å². The fraction of sp³-hybridized carbons (Fsp3) is 0.500. The van der Waals surface area contributed by atoms with E-state index in [0.717, 1.165) is 6.42 Å². The first-order valence-electron chi connectivity index (χ1n) is 5.35. The maximum absolute atomic E-state index is 9.60. The third-order valence-electron chi connectivity index (χ3n) is 2.85. The molecular formula is C12H19NO3. The van der Waals surface area contributed by atoms with Gasteiger partial charge in [0.1, 0.15) is 0 Å². The van der Waals surface area contributed by atoms with E-state index < -0.39 is 5.75 Å². The third-order valence-corrected chi connectivity index (χ3v) is 2.85. The second kappa shape index (κ2) is 4.61. The minimum atomic E-state index is -0.464. The molecule has 0 aliphatic heterocycles. The highest BCUT2D eigenvalue weighted by atomic mass is 16.3. The zero-order valence-electron chi connectivity index (χ0n) is 9.91. The molecule has 4 heteroatoms. The van der Waals surface area contributed by atoms with E-state index in [-0.39, 0.29) is 17.0 Å². The first kappa shape index (κ1) is 12.6. The molecule has 0 atom stereocenters. The number of nitrogens with one attached hydrogen (secondary N) is 1. The molecule has 4 N–H and O–H groups in total. The summed E-state index contributed by atoms with van der Waals surface area (Å²) in [4.78, 5) is 0. The van der Waals surface area contributed by atoms with Crippen LogP contribution in [0.1, 0.15) is 32.8 Å². The zero-order chi connectivity index (χ0) is 12.3. The van der Waals surface area contributed by atoms with Gasteiger partial charge in [0.05, 0.1) is 0 Å². The van der Waals surface area contributed by atoms with Gasteiger partial charge in [-0.3, -0.25) is 0 Å². The summed E-state index contributed by atoms with van der Waals surface area (Å²) >= 11 is 0. The van der Waals surface area contributed by atoms with Gasteiger partial charge in [-0.05, 0) is 26.3 Å². The summed E-state index contributed by atoms with van der Waals surface area (Å²) in [6.07, 6.45) is 0.956. The quantitative estimate of drug-likeness (QED) is 0.592. The minimum absolute atomic E-state index is 0.0278. The van der Waals surface area contributed by atoms with Gasteiger partial charge in [-0.25, -0.2) is 0 Å². The fourth-order valence-electron chi connectivity index (χ4n) is 1.21. The SMILES string of the molecule is CCC(C)(C)NCc1ccc(O)c(O)c1O. The van der Waals surface area contributed by atoms with Gasteiger partial charge in [0.15, 0.2) is 11.5 Å². The zero-order valence-corrected chi connectivity index (χ0v) is 9.91. The van der Waals surface area contributed by atoms with Gasteiger partial charge in [0.25, 0.3) is 0 Å². The van der Waals surface area contributed by atoms with E-state index in [4.69, 9.17) is 5.11 Å². The number of rotatable bonds is 4. The molecule has 1 aromatic carbocycles. The van der Waals surface area contributed by atoms with Crippen LogP contribution in [0.2, 0.25) is 0 Å². The lowest BCUT2D eigenvalue weighted by molar-refractivity contribution is 0.351. The van der Waals surface area contributed by atoms with Crippen LogP contribution in [0.5, 0.6) is 17.2 Å². The number of hydrogen-bond acceptors (Lipinski definition) is 4. The molecule has 0 bridgehead atoms. The number of phenols is 3. The van der Waals surface area contributed by atoms with Gasteiger partial charge in [0, 0.05) is 17.6 Å². The molecule has 1 rings (SSSR count). The fourth-order valence-corrected chi connectivity index (χ4v) is 1.21. The van der Waals surface area contributed by atoms with Crippen molar-refractivity contribution < 1.29 is 15.3 Å². The summed E-state index contributed by atoms with van der Waals surface area (Å²) < 4.78 is 0. The van der Waals surface area contributed by atoms with Crippen LogP contribution in [-0.2, 0) is 6.54 Å². The summed E-state index contributed by atoms with van der Waals surface area (Å²) in [7, 11) is 0. The predicted octanol–water partition coefficient (Wildman–Crippen LogP) is 2.08. The summed E-state index contributed by atoms with van der Waals surface area (Å²) in [6.45, 7) is 6.64. The van der Waals surface area contributed by atoms with Crippen LogP contribution in [0.4, 0.5) is 0 Å². The Morgan fingerprint density at radius 1 is 1.12 bits per heavy atom. The molecule has 90 valence electrons. The van der Waals surface area contributed by atoms with Gasteiger partial charge >= 0.3 is 0 Å². The number of aromatic hydroxyl groups is 3. The van der Waals surface area contributed by atoms with E-state index in [2.05, 4.69) is 26.1 Å². The topological polar surface area (TPSA) is 72.7 Å². The molecule has 4 nitrogen and oxygen atoms in total. The molecule has 0 aromatic heterocycles. The lowest BCUT2D eigenvalue weighted by Gasteiger charge is -2.24. The lowest BCUT2D eigenvalue weighted by Crippen LogP contribution is -2.37. The Kier molecular flexibility index (Phi) is 3.65. The van der Waals surface area contributed by atoms with Crippen LogP contribution in [-0.4, -0.2) is 20.9 Å². The van der Waals surface area contributed by atoms with Crippen LogP contribution >= 0.6 is 0 Å². The predicted molar refractivity (Wildman–Crippen MR) is 62.6 cm³/mol. The van der Waals surface area contributed by atoms with Crippen LogP contribution in [0.15, 0.2) is 12.1 Å². The maximum atomic E-state index is 9.60. The highest BCUT2D eigenvalue weighted by Crippen LogP contribution is 2.37. The molecule has 0 aliphatic rings. The summed E-state index contributed by atoms with van der Waals surface area (Å²) in [6, 6.07) is 2.95. The normalized spacial score (nSPS) is 11.7. The Morgan fingerprint density at radius 2 is 1.75 bits per heavy atom. The average Bonchev–Trinajstić information content (AvgIpc) is 2.25. The Balaban J connectivity index is 2.80. The number of benzene rings is 1. The molecule has 0 radical (unpaired) electrons. The van der Waals surface area contributed by atoms with Crippen molar-refractivity contribution in [3.63, 3.8) is 0 Å². The average molecular weight is 225 g/mol. The maximum Gasteiger partial charge on any atom is 0.200 e. The minimum Gasteiger partial charge on any atom is -0.504 e. The van der Waals surface area contributed by atoms with Crippen molar-refractivity contribution in [2.75, 3.05) is 0 Å². The van der Waals surface area contributed by atoms with Crippen molar-refractivity contribution in [2.45, 2.75) is 39.3 Å². The lowest BCUT2D eigenvalue weighted by atomic mass is 10.0. The third kappa shape index (κ3) is 2.79. The molecule has 0 amide bonds. The first-order chi connectivity index (χ1) is 7.37. The van der Waals surface area contributed by atoms with E-state index in [1.807, 2.05) is 0 Å².